The fourth-order valence-electron chi connectivity index (χ4n) is 3.72. The van der Waals surface area contributed by atoms with Gasteiger partial charge in [-0.05, 0) is 62.4 Å². The molecule has 0 atom stereocenters. The standard InChI is InChI=1S/C20H31N3O2/c1-16-6-10-23(11-7-16)14-17-2-4-18(5-3-17)22-19(24)20(15-21)8-12-25-13-9-20/h2-5,16H,6-15,21H2,1H3,(H,22,24). The molecule has 5 heteroatoms. The van der Waals surface area contributed by atoms with Gasteiger partial charge in [-0.25, -0.2) is 0 Å². The van der Waals surface area contributed by atoms with Crippen molar-refractivity contribution in [2.24, 2.45) is 17.1 Å². The van der Waals surface area contributed by atoms with Crippen LogP contribution in [0.5, 0.6) is 0 Å². The minimum atomic E-state index is -0.485. The van der Waals surface area contributed by atoms with E-state index in [0.29, 0.717) is 32.6 Å². The van der Waals surface area contributed by atoms with E-state index in [-0.39, 0.29) is 5.91 Å². The Morgan fingerprint density at radius 3 is 2.48 bits per heavy atom. The number of piperidine rings is 1. The van der Waals surface area contributed by atoms with Crippen molar-refractivity contribution in [2.45, 2.75) is 39.2 Å². The Morgan fingerprint density at radius 2 is 1.88 bits per heavy atom. The molecule has 0 aliphatic carbocycles. The lowest BCUT2D eigenvalue weighted by atomic mass is 9.79. The summed E-state index contributed by atoms with van der Waals surface area (Å²) in [5.41, 5.74) is 7.57. The maximum absolute atomic E-state index is 12.7. The van der Waals surface area contributed by atoms with Gasteiger partial charge in [0.15, 0.2) is 0 Å². The molecule has 3 rings (SSSR count). The Kier molecular flexibility index (Phi) is 6.10. The summed E-state index contributed by atoms with van der Waals surface area (Å²) in [6, 6.07) is 8.24. The van der Waals surface area contributed by atoms with E-state index in [9.17, 15) is 4.79 Å². The Balaban J connectivity index is 1.56. The van der Waals surface area contributed by atoms with Crippen molar-refractivity contribution in [3.63, 3.8) is 0 Å². The highest BCUT2D eigenvalue weighted by Crippen LogP contribution is 2.31. The van der Waals surface area contributed by atoms with E-state index in [1.807, 2.05) is 12.1 Å². The first kappa shape index (κ1) is 18.4. The van der Waals surface area contributed by atoms with Crippen molar-refractivity contribution >= 4 is 11.6 Å². The van der Waals surface area contributed by atoms with Gasteiger partial charge in [-0.15, -0.1) is 0 Å². The second-order valence-corrected chi connectivity index (χ2v) is 7.71. The lowest BCUT2D eigenvalue weighted by molar-refractivity contribution is -0.130. The van der Waals surface area contributed by atoms with Gasteiger partial charge < -0.3 is 15.8 Å². The summed E-state index contributed by atoms with van der Waals surface area (Å²) < 4.78 is 5.38. The topological polar surface area (TPSA) is 67.6 Å². The van der Waals surface area contributed by atoms with Crippen LogP contribution in [0.1, 0.15) is 38.2 Å². The van der Waals surface area contributed by atoms with Gasteiger partial charge in [0.2, 0.25) is 5.91 Å². The van der Waals surface area contributed by atoms with Crippen LogP contribution in [0.25, 0.3) is 0 Å². The van der Waals surface area contributed by atoms with Gasteiger partial charge in [-0.2, -0.15) is 0 Å². The van der Waals surface area contributed by atoms with Crippen LogP contribution in [0.4, 0.5) is 5.69 Å². The normalized spacial score (nSPS) is 21.8. The highest BCUT2D eigenvalue weighted by molar-refractivity contribution is 5.95. The molecule has 1 aromatic rings. The van der Waals surface area contributed by atoms with E-state index in [1.54, 1.807) is 0 Å². The van der Waals surface area contributed by atoms with Gasteiger partial charge >= 0.3 is 0 Å². The highest BCUT2D eigenvalue weighted by atomic mass is 16.5. The SMILES string of the molecule is CC1CCN(Cc2ccc(NC(=O)C3(CN)CCOCC3)cc2)CC1. The number of rotatable bonds is 5. The second kappa shape index (κ2) is 8.30. The number of ether oxygens (including phenoxy) is 1. The molecule has 5 nitrogen and oxygen atoms in total. The molecule has 2 heterocycles. The highest BCUT2D eigenvalue weighted by Gasteiger charge is 2.38. The van der Waals surface area contributed by atoms with Crippen molar-refractivity contribution in [3.8, 4) is 0 Å². The van der Waals surface area contributed by atoms with Crippen LogP contribution in [0.3, 0.4) is 0 Å². The molecule has 0 unspecified atom stereocenters. The van der Waals surface area contributed by atoms with E-state index in [0.717, 1.165) is 18.2 Å². The Bertz CT molecular complexity index is 559. The number of carbonyl (C=O) groups excluding carboxylic acids is 1. The fraction of sp³-hybridized carbons (Fsp3) is 0.650. The minimum absolute atomic E-state index is 0.0241. The third kappa shape index (κ3) is 4.60. The second-order valence-electron chi connectivity index (χ2n) is 7.71. The molecule has 0 saturated carbocycles. The first-order valence-corrected chi connectivity index (χ1v) is 9.52. The van der Waals surface area contributed by atoms with E-state index in [1.165, 1.54) is 31.5 Å². The average Bonchev–Trinajstić information content (AvgIpc) is 2.65. The number of amides is 1. The van der Waals surface area contributed by atoms with Gasteiger partial charge in [0.25, 0.3) is 0 Å². The number of nitrogens with two attached hydrogens (primary N) is 1. The first-order valence-electron chi connectivity index (χ1n) is 9.52. The lowest BCUT2D eigenvalue weighted by Gasteiger charge is -2.34. The number of carbonyl (C=O) groups is 1. The van der Waals surface area contributed by atoms with Crippen LogP contribution in [0.15, 0.2) is 24.3 Å². The van der Waals surface area contributed by atoms with Crippen molar-refractivity contribution < 1.29 is 9.53 Å². The predicted molar refractivity (Wildman–Crippen MR) is 100 cm³/mol. The minimum Gasteiger partial charge on any atom is -0.381 e. The van der Waals surface area contributed by atoms with E-state index in [2.05, 4.69) is 29.3 Å². The molecule has 0 spiro atoms. The molecule has 2 aliphatic rings. The summed E-state index contributed by atoms with van der Waals surface area (Å²) in [5.74, 6) is 0.880. The third-order valence-corrected chi connectivity index (χ3v) is 5.82. The number of anilines is 1. The molecule has 2 aliphatic heterocycles. The smallest absolute Gasteiger partial charge is 0.232 e. The molecule has 1 aromatic carbocycles. The molecule has 138 valence electrons. The largest absolute Gasteiger partial charge is 0.381 e. The van der Waals surface area contributed by atoms with Crippen LogP contribution in [-0.2, 0) is 16.1 Å². The fourth-order valence-corrected chi connectivity index (χ4v) is 3.72. The monoisotopic (exact) mass is 345 g/mol. The lowest BCUT2D eigenvalue weighted by Crippen LogP contribution is -2.46. The molecule has 2 saturated heterocycles. The zero-order valence-electron chi connectivity index (χ0n) is 15.3. The molecule has 0 bridgehead atoms. The summed E-state index contributed by atoms with van der Waals surface area (Å²) in [7, 11) is 0. The number of nitrogens with one attached hydrogen (secondary N) is 1. The maximum Gasteiger partial charge on any atom is 0.232 e. The summed E-state index contributed by atoms with van der Waals surface area (Å²) in [5, 5.41) is 3.05. The van der Waals surface area contributed by atoms with Gasteiger partial charge in [0, 0.05) is 32.0 Å². The van der Waals surface area contributed by atoms with Crippen molar-refractivity contribution in [1.82, 2.24) is 4.90 Å². The Morgan fingerprint density at radius 1 is 1.24 bits per heavy atom. The number of hydrogen-bond acceptors (Lipinski definition) is 4. The molecule has 1 amide bonds. The van der Waals surface area contributed by atoms with Crippen molar-refractivity contribution in [3.05, 3.63) is 29.8 Å². The number of likely N-dealkylation sites (tertiary alicyclic amines) is 1. The van der Waals surface area contributed by atoms with Crippen molar-refractivity contribution in [2.75, 3.05) is 38.2 Å². The van der Waals surface area contributed by atoms with Crippen molar-refractivity contribution in [1.29, 1.82) is 0 Å². The molecule has 0 radical (unpaired) electrons. The van der Waals surface area contributed by atoms with E-state index < -0.39 is 5.41 Å². The molecule has 25 heavy (non-hydrogen) atoms. The summed E-state index contributed by atoms with van der Waals surface area (Å²) in [4.78, 5) is 15.2. The first-order chi connectivity index (χ1) is 12.1. The quantitative estimate of drug-likeness (QED) is 0.861. The summed E-state index contributed by atoms with van der Waals surface area (Å²) in [6.45, 7) is 7.28. The van der Waals surface area contributed by atoms with E-state index in [4.69, 9.17) is 10.5 Å². The maximum atomic E-state index is 12.7. The van der Waals surface area contributed by atoms with E-state index >= 15 is 0 Å². The van der Waals surface area contributed by atoms with Gasteiger partial charge in [-0.3, -0.25) is 9.69 Å². The molecule has 3 N–H and O–H groups in total. The van der Waals surface area contributed by atoms with Crippen LogP contribution in [-0.4, -0.2) is 43.7 Å². The predicted octanol–water partition coefficient (Wildman–Crippen LogP) is 2.61. The third-order valence-electron chi connectivity index (χ3n) is 5.82. The number of benzene rings is 1. The zero-order chi connectivity index (χ0) is 17.7. The molecular formula is C20H31N3O2. The van der Waals surface area contributed by atoms with Crippen LogP contribution in [0, 0.1) is 11.3 Å². The molecular weight excluding hydrogens is 314 g/mol. The number of nitrogens with zero attached hydrogens (tertiary/aromatic N) is 1. The Hall–Kier alpha value is -1.43. The molecule has 0 aromatic heterocycles. The number of hydrogen-bond donors (Lipinski definition) is 2. The Labute approximate surface area is 150 Å². The van der Waals surface area contributed by atoms with Gasteiger partial charge in [0.1, 0.15) is 0 Å². The van der Waals surface area contributed by atoms with Crippen LogP contribution < -0.4 is 11.1 Å². The average molecular weight is 345 g/mol. The zero-order valence-corrected chi connectivity index (χ0v) is 15.3. The van der Waals surface area contributed by atoms with Crippen LogP contribution in [0.2, 0.25) is 0 Å². The molecule has 2 fully saturated rings. The summed E-state index contributed by atoms with van der Waals surface area (Å²) >= 11 is 0. The van der Waals surface area contributed by atoms with Gasteiger partial charge in [0.05, 0.1) is 5.41 Å². The summed E-state index contributed by atoms with van der Waals surface area (Å²) in [6.07, 6.45) is 3.97. The van der Waals surface area contributed by atoms with Crippen LogP contribution >= 0.6 is 0 Å². The van der Waals surface area contributed by atoms with Gasteiger partial charge in [-0.1, -0.05) is 19.1 Å².